The van der Waals surface area contributed by atoms with E-state index in [1.54, 1.807) is 18.7 Å². The minimum absolute atomic E-state index is 0.0313. The molecule has 2 aliphatic rings. The molecule has 2 fully saturated rings. The number of hydrogen-bond donors (Lipinski definition) is 1. The molecule has 1 atom stereocenters. The highest BCUT2D eigenvalue weighted by Gasteiger charge is 2.37. The number of halogens is 2. The average molecular weight is 510 g/mol. The maximum atomic E-state index is 13.9. The van der Waals surface area contributed by atoms with E-state index in [0.29, 0.717) is 37.7 Å². The normalized spacial score (nSPS) is 19.2. The molecule has 1 N–H and O–H groups in total. The molecule has 190 valence electrons. The number of aromatic nitrogens is 2. The molecule has 0 saturated carbocycles. The lowest BCUT2D eigenvalue weighted by atomic mass is 9.98. The van der Waals surface area contributed by atoms with Gasteiger partial charge in [0, 0.05) is 32.2 Å². The minimum Gasteiger partial charge on any atom is -0.341 e. The van der Waals surface area contributed by atoms with Crippen LogP contribution in [0.2, 0.25) is 0 Å². The van der Waals surface area contributed by atoms with Crippen LogP contribution in [-0.4, -0.2) is 65.4 Å². The third-order valence-electron chi connectivity index (χ3n) is 6.60. The van der Waals surface area contributed by atoms with Gasteiger partial charge in [0.25, 0.3) is 0 Å². The first-order valence-electron chi connectivity index (χ1n) is 11.7. The number of aryl methyl sites for hydroxylation is 1. The Bertz CT molecular complexity index is 1240. The van der Waals surface area contributed by atoms with Gasteiger partial charge in [0.1, 0.15) is 23.1 Å². The van der Waals surface area contributed by atoms with Crippen molar-refractivity contribution in [2.45, 2.75) is 51.0 Å². The number of rotatable bonds is 6. The van der Waals surface area contributed by atoms with E-state index in [0.717, 1.165) is 25.0 Å². The number of anilines is 1. The lowest BCUT2D eigenvalue weighted by Gasteiger charge is -2.31. The highest BCUT2D eigenvalue weighted by atomic mass is 32.2. The van der Waals surface area contributed by atoms with Crippen molar-refractivity contribution in [3.63, 3.8) is 0 Å². The summed E-state index contributed by atoms with van der Waals surface area (Å²) in [7, 11) is -3.99. The first kappa shape index (κ1) is 25.2. The molecule has 2 saturated heterocycles. The second kappa shape index (κ2) is 10.0. The molecule has 35 heavy (non-hydrogen) atoms. The lowest BCUT2D eigenvalue weighted by Crippen LogP contribution is -2.44. The Morgan fingerprint density at radius 2 is 1.83 bits per heavy atom. The fourth-order valence-corrected chi connectivity index (χ4v) is 6.63. The van der Waals surface area contributed by atoms with Crippen molar-refractivity contribution < 1.29 is 26.8 Å². The minimum atomic E-state index is -3.99. The molecule has 1 aromatic heterocycles. The number of carbonyl (C=O) groups excluding carboxylic acids is 2. The van der Waals surface area contributed by atoms with Crippen LogP contribution in [-0.2, 0) is 26.2 Å². The van der Waals surface area contributed by atoms with Crippen molar-refractivity contribution in [1.82, 2.24) is 19.0 Å². The number of hydrogen-bond acceptors (Lipinski definition) is 5. The molecular formula is C23H29F2N5O4S. The number of carbonyl (C=O) groups is 2. The summed E-state index contributed by atoms with van der Waals surface area (Å²) < 4.78 is 56.9. The number of amides is 2. The average Bonchev–Trinajstić information content (AvgIpc) is 3.44. The van der Waals surface area contributed by atoms with Gasteiger partial charge >= 0.3 is 0 Å². The van der Waals surface area contributed by atoms with Crippen LogP contribution in [0.1, 0.15) is 37.1 Å². The lowest BCUT2D eigenvalue weighted by molar-refractivity contribution is -0.131. The van der Waals surface area contributed by atoms with Gasteiger partial charge < -0.3 is 10.2 Å². The summed E-state index contributed by atoms with van der Waals surface area (Å²) in [6.07, 6.45) is 2.80. The number of benzene rings is 1. The molecule has 9 nitrogen and oxygen atoms in total. The Hall–Kier alpha value is -2.86. The zero-order valence-corrected chi connectivity index (χ0v) is 20.6. The molecule has 0 unspecified atom stereocenters. The van der Waals surface area contributed by atoms with Crippen LogP contribution in [0.15, 0.2) is 23.1 Å². The first-order chi connectivity index (χ1) is 16.6. The van der Waals surface area contributed by atoms with Gasteiger partial charge in [0.05, 0.1) is 23.0 Å². The molecule has 4 rings (SSSR count). The van der Waals surface area contributed by atoms with Gasteiger partial charge in [-0.05, 0) is 51.7 Å². The standard InChI is InChI=1S/C23H29F2N5O4S/c1-15-22(16(2)30(27-15)14-21(31)28-9-3-4-10-28)35(33,34)29-11-5-6-17(13-29)23(32)26-20-8-7-18(24)12-19(20)25/h7-8,12,17H,3-6,9-11,13-14H2,1-2H3,(H,26,32)/t17-/m1/s1. The quantitative estimate of drug-likeness (QED) is 0.644. The van der Waals surface area contributed by atoms with Crippen molar-refractivity contribution in [3.8, 4) is 0 Å². The summed E-state index contributed by atoms with van der Waals surface area (Å²) in [5, 5.41) is 6.75. The van der Waals surface area contributed by atoms with Gasteiger partial charge in [-0.3, -0.25) is 14.3 Å². The van der Waals surface area contributed by atoms with Crippen LogP contribution in [0.25, 0.3) is 0 Å². The Balaban J connectivity index is 1.49. The van der Waals surface area contributed by atoms with E-state index in [-0.39, 0.29) is 41.8 Å². The van der Waals surface area contributed by atoms with Crippen LogP contribution in [0.4, 0.5) is 14.5 Å². The Labute approximate surface area is 203 Å². The molecule has 0 radical (unpaired) electrons. The van der Waals surface area contributed by atoms with E-state index in [1.165, 1.54) is 8.99 Å². The smallest absolute Gasteiger partial charge is 0.246 e. The van der Waals surface area contributed by atoms with Crippen LogP contribution < -0.4 is 5.32 Å². The molecule has 0 spiro atoms. The predicted octanol–water partition coefficient (Wildman–Crippen LogP) is 2.44. The molecular weight excluding hydrogens is 480 g/mol. The third kappa shape index (κ3) is 5.22. The number of nitrogens with zero attached hydrogens (tertiary/aromatic N) is 4. The highest BCUT2D eigenvalue weighted by Crippen LogP contribution is 2.29. The molecule has 2 amide bonds. The molecule has 1 aromatic carbocycles. The van der Waals surface area contributed by atoms with Crippen LogP contribution in [0, 0.1) is 31.4 Å². The molecule has 0 aliphatic carbocycles. The molecule has 0 bridgehead atoms. The summed E-state index contributed by atoms with van der Waals surface area (Å²) in [6.45, 7) is 4.72. The van der Waals surface area contributed by atoms with Crippen molar-refractivity contribution in [1.29, 1.82) is 0 Å². The Kier molecular flexibility index (Phi) is 7.22. The zero-order chi connectivity index (χ0) is 25.3. The highest BCUT2D eigenvalue weighted by molar-refractivity contribution is 7.89. The summed E-state index contributed by atoms with van der Waals surface area (Å²) in [5.41, 5.74) is 0.499. The predicted molar refractivity (Wildman–Crippen MR) is 124 cm³/mol. The van der Waals surface area contributed by atoms with E-state index >= 15 is 0 Å². The van der Waals surface area contributed by atoms with E-state index in [9.17, 15) is 26.8 Å². The number of sulfonamides is 1. The maximum Gasteiger partial charge on any atom is 0.246 e. The SMILES string of the molecule is Cc1nn(CC(=O)N2CCCC2)c(C)c1S(=O)(=O)N1CCC[C@@H](C(=O)Nc2ccc(F)cc2F)C1. The van der Waals surface area contributed by atoms with Gasteiger partial charge in [-0.15, -0.1) is 0 Å². The third-order valence-corrected chi connectivity index (χ3v) is 8.72. The number of likely N-dealkylation sites (tertiary alicyclic amines) is 1. The van der Waals surface area contributed by atoms with Crippen LogP contribution in [0.3, 0.4) is 0 Å². The Morgan fingerprint density at radius 3 is 2.51 bits per heavy atom. The van der Waals surface area contributed by atoms with Crippen molar-refractivity contribution in [2.75, 3.05) is 31.5 Å². The van der Waals surface area contributed by atoms with Crippen LogP contribution in [0.5, 0.6) is 0 Å². The fraction of sp³-hybridized carbons (Fsp3) is 0.522. The topological polar surface area (TPSA) is 105 Å². The van der Waals surface area contributed by atoms with Gasteiger partial charge in [0.15, 0.2) is 0 Å². The van der Waals surface area contributed by atoms with Gasteiger partial charge in [0.2, 0.25) is 21.8 Å². The van der Waals surface area contributed by atoms with E-state index < -0.39 is 33.5 Å². The molecule has 3 heterocycles. The van der Waals surface area contributed by atoms with E-state index in [4.69, 9.17) is 0 Å². The summed E-state index contributed by atoms with van der Waals surface area (Å²) >= 11 is 0. The molecule has 2 aliphatic heterocycles. The van der Waals surface area contributed by atoms with Crippen molar-refractivity contribution >= 4 is 27.5 Å². The largest absolute Gasteiger partial charge is 0.341 e. The van der Waals surface area contributed by atoms with Gasteiger partial charge in [-0.1, -0.05) is 0 Å². The molecule has 12 heteroatoms. The fourth-order valence-electron chi connectivity index (χ4n) is 4.73. The number of piperidine rings is 1. The first-order valence-corrected chi connectivity index (χ1v) is 13.1. The zero-order valence-electron chi connectivity index (χ0n) is 19.8. The van der Waals surface area contributed by atoms with Gasteiger partial charge in [-0.25, -0.2) is 17.2 Å². The summed E-state index contributed by atoms with van der Waals surface area (Å²) in [5.74, 6) is -2.99. The second-order valence-corrected chi connectivity index (χ2v) is 10.9. The Morgan fingerprint density at radius 1 is 1.11 bits per heavy atom. The van der Waals surface area contributed by atoms with E-state index in [2.05, 4.69) is 10.4 Å². The maximum absolute atomic E-state index is 13.9. The monoisotopic (exact) mass is 509 g/mol. The van der Waals surface area contributed by atoms with Crippen LogP contribution >= 0.6 is 0 Å². The molecule has 2 aromatic rings. The van der Waals surface area contributed by atoms with Crippen molar-refractivity contribution in [2.24, 2.45) is 5.92 Å². The van der Waals surface area contributed by atoms with Gasteiger partial charge in [-0.2, -0.15) is 9.40 Å². The summed E-state index contributed by atoms with van der Waals surface area (Å²) in [6, 6.07) is 2.84. The summed E-state index contributed by atoms with van der Waals surface area (Å²) in [4.78, 5) is 27.1. The second-order valence-electron chi connectivity index (χ2n) is 9.06. The van der Waals surface area contributed by atoms with E-state index in [1.807, 2.05) is 0 Å². The number of nitrogens with one attached hydrogen (secondary N) is 1. The van der Waals surface area contributed by atoms with Crippen molar-refractivity contribution in [3.05, 3.63) is 41.2 Å².